The number of carbonyl (C=O) groups is 6. The van der Waals surface area contributed by atoms with E-state index < -0.39 is 5.97 Å². The van der Waals surface area contributed by atoms with Crippen LogP contribution >= 0.6 is 0 Å². The van der Waals surface area contributed by atoms with Crippen LogP contribution in [0.25, 0.3) is 22.1 Å². The topological polar surface area (TPSA) is 217 Å². The number of allylic oxidation sites excluding steroid dienone is 4. The van der Waals surface area contributed by atoms with E-state index in [1.165, 1.54) is 123 Å². The predicted octanol–water partition coefficient (Wildman–Crippen LogP) is 17.2. The number of nitrogens with zero attached hydrogens (tertiary/aromatic N) is 2. The van der Waals surface area contributed by atoms with Gasteiger partial charge < -0.3 is 36.0 Å². The van der Waals surface area contributed by atoms with E-state index in [1.807, 2.05) is 32.0 Å². The second kappa shape index (κ2) is 43.4. The van der Waals surface area contributed by atoms with E-state index in [2.05, 4.69) is 83.2 Å². The first-order chi connectivity index (χ1) is 44.2. The molecule has 15 nitrogen and oxygen atoms in total. The van der Waals surface area contributed by atoms with Crippen molar-refractivity contribution in [2.45, 2.75) is 291 Å². The Hall–Kier alpha value is -6.38. The Morgan fingerprint density at radius 1 is 0.538 bits per heavy atom. The molecule has 0 unspecified atom stereocenters. The van der Waals surface area contributed by atoms with Gasteiger partial charge in [0.15, 0.2) is 5.78 Å². The van der Waals surface area contributed by atoms with Gasteiger partial charge in [-0.05, 0) is 146 Å². The van der Waals surface area contributed by atoms with Crippen molar-refractivity contribution in [1.29, 1.82) is 0 Å². The van der Waals surface area contributed by atoms with E-state index >= 15 is 0 Å². The van der Waals surface area contributed by atoms with Gasteiger partial charge >= 0.3 is 5.97 Å². The summed E-state index contributed by atoms with van der Waals surface area (Å²) in [6.45, 7) is 15.7. The summed E-state index contributed by atoms with van der Waals surface area (Å²) in [7, 11) is 1.34. The largest absolute Gasteiger partial charge is 0.469 e. The number of hydrogen-bond acceptors (Lipinski definition) is 9. The number of nitrogens with one attached hydrogen (secondary N) is 6. The first-order valence-electron chi connectivity index (χ1n) is 35.9. The molecule has 504 valence electrons. The Balaban J connectivity index is 1.25. The monoisotopic (exact) mass is 1250 g/mol. The van der Waals surface area contributed by atoms with Crippen LogP contribution in [0.2, 0.25) is 0 Å². The van der Waals surface area contributed by atoms with Gasteiger partial charge in [-0.15, -0.1) is 0 Å². The van der Waals surface area contributed by atoms with Crippen molar-refractivity contribution in [3.63, 3.8) is 0 Å². The van der Waals surface area contributed by atoms with Gasteiger partial charge in [-0.25, -0.2) is 0 Å². The number of fused-ring (bicyclic) bond motifs is 8. The number of ether oxygens (including phenoxy) is 1. The minimum Gasteiger partial charge on any atom is -0.469 e. The highest BCUT2D eigenvalue weighted by Gasteiger charge is 2.34. The van der Waals surface area contributed by atoms with Crippen molar-refractivity contribution in [3.05, 3.63) is 93.1 Å². The molecule has 5 heterocycles. The molecule has 4 amide bonds. The summed E-state index contributed by atoms with van der Waals surface area (Å²) in [5, 5.41) is 12.3. The van der Waals surface area contributed by atoms with Gasteiger partial charge in [0.05, 0.1) is 35.8 Å². The highest BCUT2D eigenvalue weighted by Crippen LogP contribution is 2.43. The molecule has 2 aliphatic heterocycles. The fraction of sp³-hybridized carbons (Fsp3) is 0.658. The zero-order chi connectivity index (χ0) is 65.6. The fourth-order valence-corrected chi connectivity index (χ4v) is 12.9. The number of rotatable bonds is 46. The Morgan fingerprint density at radius 2 is 1.00 bits per heavy atom. The molecule has 6 N–H and O–H groups in total. The number of carbonyl (C=O) groups excluding carboxylic acids is 6. The van der Waals surface area contributed by atoms with Crippen LogP contribution in [0.4, 0.5) is 0 Å². The summed E-state index contributed by atoms with van der Waals surface area (Å²) in [5.41, 5.74) is 8.30. The molecule has 0 saturated heterocycles. The number of Topliss-reactive ketones (excluding diaryl/α,β-unsaturated/α-hetero) is 1. The number of methoxy groups -OCH3 is 1. The van der Waals surface area contributed by atoms with Crippen LogP contribution in [0.3, 0.4) is 0 Å². The second-order valence-corrected chi connectivity index (χ2v) is 26.0. The molecule has 0 saturated carbocycles. The van der Waals surface area contributed by atoms with Crippen LogP contribution in [0.1, 0.15) is 324 Å². The zero-order valence-electron chi connectivity index (χ0n) is 57.6. The van der Waals surface area contributed by atoms with Gasteiger partial charge in [-0.2, -0.15) is 0 Å². The van der Waals surface area contributed by atoms with Gasteiger partial charge in [0.25, 0.3) is 5.91 Å². The summed E-state index contributed by atoms with van der Waals surface area (Å²) in [6, 6.07) is 5.93. The average Bonchev–Trinajstić information content (AvgIpc) is 1.62. The molecule has 91 heavy (non-hydrogen) atoms. The smallest absolute Gasteiger partial charge is 0.310 e. The van der Waals surface area contributed by atoms with Crippen molar-refractivity contribution in [3.8, 4) is 0 Å². The minimum absolute atomic E-state index is 0.0152. The summed E-state index contributed by atoms with van der Waals surface area (Å²) < 4.78 is 5.36. The maximum Gasteiger partial charge on any atom is 0.310 e. The van der Waals surface area contributed by atoms with E-state index in [0.717, 1.165) is 80.3 Å². The molecular formula is C76H118N8O7. The first kappa shape index (κ1) is 75.3. The van der Waals surface area contributed by atoms with E-state index in [9.17, 15) is 28.8 Å². The van der Waals surface area contributed by atoms with Crippen molar-refractivity contribution in [2.24, 2.45) is 0 Å². The standard InChI is InChI=1S/C76H118N8O7/c1-9-12-14-16-18-20-22-24-26-28-30-32-34-36-38-42-68(86)77-46-40-47-79-70(88)45-44-61-55(4)63-53-64-56(5)72(58(7)85)67(82-64)51-60-50-59(11-3)66(81-60)54-65-57(6)73(75(84-65)62(74(61)83-63)52-71(89)91-8)76(90)80-49-41-48-78-69(87)43-39-37-35-33-31-29-27-25-23-21-19-17-15-13-10-2/h24-27,51,53-55,59,61,82,84H,9-23,28-50,52H2,1-8H3,(H,77,86)(H,78,87)(H,79,88)(H,80,90)/b26-24-,27-25-,60-51?,63-53?,64-53?,65-54?,66-54?,67-51?,74-62?,75-62?/t55-,59+,61-/m0/s1. The van der Waals surface area contributed by atoms with Crippen molar-refractivity contribution in [1.82, 2.24) is 41.2 Å². The Bertz CT molecular complexity index is 2970. The number of aromatic nitrogens is 4. The van der Waals surface area contributed by atoms with Crippen LogP contribution in [0.5, 0.6) is 0 Å². The number of ketones is 1. The van der Waals surface area contributed by atoms with Crippen LogP contribution in [0, 0.1) is 13.8 Å². The third-order valence-electron chi connectivity index (χ3n) is 18.5. The average molecular weight is 1260 g/mol. The zero-order valence-corrected chi connectivity index (χ0v) is 57.6. The molecule has 0 fully saturated rings. The van der Waals surface area contributed by atoms with Gasteiger partial charge in [0.2, 0.25) is 17.7 Å². The van der Waals surface area contributed by atoms with Crippen LogP contribution in [-0.4, -0.2) is 88.6 Å². The SMILES string of the molecule is CCCCCCCC/C=C\CCCCCCCC(=O)NCCCNC(=O)CC[C@@H]1c2nc(cc3[nH]c(cc4nc(cc5[nH]c(c2CC(=O)OC)c(C(=O)NCCCNC(=O)CCCCCCC/C=C\CCCCCCCC)c5C)[C@H](CC)C4)c(C(C)=O)c3C)[C@H]1C. The molecule has 0 aliphatic carbocycles. The van der Waals surface area contributed by atoms with Crippen molar-refractivity contribution >= 4 is 57.4 Å². The lowest BCUT2D eigenvalue weighted by atomic mass is 9.85. The first-order valence-corrected chi connectivity index (χ1v) is 35.9. The van der Waals surface area contributed by atoms with Gasteiger partial charge in [-0.1, -0.05) is 155 Å². The molecule has 2 aliphatic rings. The third kappa shape index (κ3) is 26.6. The molecule has 5 rings (SSSR count). The van der Waals surface area contributed by atoms with Crippen LogP contribution < -0.4 is 21.3 Å². The van der Waals surface area contributed by atoms with E-state index in [0.29, 0.717) is 115 Å². The Labute approximate surface area is 547 Å². The number of esters is 1. The molecule has 3 aromatic rings. The number of aryl methyl sites for hydroxylation is 2. The van der Waals surface area contributed by atoms with Crippen molar-refractivity contribution in [2.75, 3.05) is 33.3 Å². The number of aromatic amines is 2. The summed E-state index contributed by atoms with van der Waals surface area (Å²) in [5.74, 6) is -1.59. The lowest BCUT2D eigenvalue weighted by molar-refractivity contribution is -0.139. The third-order valence-corrected chi connectivity index (χ3v) is 18.5. The van der Waals surface area contributed by atoms with Gasteiger partial charge in [0.1, 0.15) is 0 Å². The normalized spacial score (nSPS) is 14.7. The quantitative estimate of drug-likeness (QED) is 0.0137. The highest BCUT2D eigenvalue weighted by molar-refractivity contribution is 6.06. The van der Waals surface area contributed by atoms with E-state index in [-0.39, 0.29) is 60.0 Å². The van der Waals surface area contributed by atoms with Crippen LogP contribution in [0.15, 0.2) is 42.5 Å². The lowest BCUT2D eigenvalue weighted by Gasteiger charge is -2.18. The number of unbranched alkanes of at least 4 members (excludes halogenated alkanes) is 22. The molecule has 3 aromatic heterocycles. The molecule has 3 atom stereocenters. The van der Waals surface area contributed by atoms with Crippen molar-refractivity contribution < 1.29 is 33.5 Å². The number of amides is 4. The number of hydrogen-bond donors (Lipinski definition) is 6. The minimum atomic E-state index is -0.521. The fourth-order valence-electron chi connectivity index (χ4n) is 12.9. The van der Waals surface area contributed by atoms with E-state index in [4.69, 9.17) is 14.7 Å². The highest BCUT2D eigenvalue weighted by atomic mass is 16.5. The van der Waals surface area contributed by atoms with Gasteiger partial charge in [-0.3, -0.25) is 38.7 Å². The molecule has 0 spiro atoms. The maximum absolute atomic E-state index is 14.8. The van der Waals surface area contributed by atoms with Gasteiger partial charge in [0, 0.05) is 102 Å². The molecule has 15 heteroatoms. The summed E-state index contributed by atoms with van der Waals surface area (Å²) >= 11 is 0. The number of H-pyrrole nitrogens is 2. The lowest BCUT2D eigenvalue weighted by Crippen LogP contribution is -2.30. The molecule has 8 bridgehead atoms. The predicted molar refractivity (Wildman–Crippen MR) is 373 cm³/mol. The van der Waals surface area contributed by atoms with Crippen LogP contribution in [-0.2, 0) is 36.8 Å². The maximum atomic E-state index is 14.8. The second-order valence-electron chi connectivity index (χ2n) is 26.0. The molecule has 0 radical (unpaired) electrons. The Kier molecular flexibility index (Phi) is 36.0. The molecular weight excluding hydrogens is 1140 g/mol. The summed E-state index contributed by atoms with van der Waals surface area (Å²) in [6.07, 6.45) is 44.6. The molecule has 0 aromatic carbocycles. The summed E-state index contributed by atoms with van der Waals surface area (Å²) in [4.78, 5) is 98.8. The van der Waals surface area contributed by atoms with E-state index in [1.54, 1.807) is 6.92 Å². The Morgan fingerprint density at radius 3 is 1.51 bits per heavy atom.